The van der Waals surface area contributed by atoms with Crippen LogP contribution in [0.3, 0.4) is 0 Å². The average molecular weight is 272 g/mol. The van der Waals surface area contributed by atoms with E-state index in [9.17, 15) is 4.79 Å². The van der Waals surface area contributed by atoms with Gasteiger partial charge in [-0.25, -0.2) is 4.68 Å². The largest absolute Gasteiger partial charge is 0.324 e. The second-order valence-electron chi connectivity index (χ2n) is 5.12. The Kier molecular flexibility index (Phi) is 3.19. The maximum Gasteiger partial charge on any atom is 0.244 e. The van der Waals surface area contributed by atoms with Gasteiger partial charge >= 0.3 is 0 Å². The highest BCUT2D eigenvalue weighted by Gasteiger charge is 2.35. The van der Waals surface area contributed by atoms with Gasteiger partial charge in [0, 0.05) is 5.69 Å². The third-order valence-electron chi connectivity index (χ3n) is 3.59. The fourth-order valence-corrected chi connectivity index (χ4v) is 2.36. The number of benzene rings is 1. The molecule has 2 heterocycles. The van der Waals surface area contributed by atoms with E-state index >= 15 is 0 Å². The van der Waals surface area contributed by atoms with Crippen LogP contribution < -0.4 is 10.6 Å². The van der Waals surface area contributed by atoms with Crippen LogP contribution >= 0.6 is 0 Å². The van der Waals surface area contributed by atoms with Crippen molar-refractivity contribution in [2.24, 2.45) is 0 Å². The highest BCUT2D eigenvalue weighted by Crippen LogP contribution is 2.21. The summed E-state index contributed by atoms with van der Waals surface area (Å²) in [5, 5.41) is 17.2. The average Bonchev–Trinajstić information content (AvgIpc) is 3.11. The molecule has 1 unspecified atom stereocenters. The van der Waals surface area contributed by atoms with Crippen molar-refractivity contribution in [3.05, 3.63) is 30.6 Å². The van der Waals surface area contributed by atoms with E-state index < -0.39 is 5.54 Å². The van der Waals surface area contributed by atoms with Crippen molar-refractivity contribution < 1.29 is 4.79 Å². The molecule has 0 bridgehead atoms. The van der Waals surface area contributed by atoms with Gasteiger partial charge in [0.25, 0.3) is 0 Å². The Bertz CT molecular complexity index is 603. The maximum absolute atomic E-state index is 12.3. The number of tetrazole rings is 1. The van der Waals surface area contributed by atoms with Crippen LogP contribution in [0, 0.1) is 0 Å². The molecule has 1 atom stereocenters. The summed E-state index contributed by atoms with van der Waals surface area (Å²) < 4.78 is 1.55. The van der Waals surface area contributed by atoms with E-state index in [2.05, 4.69) is 26.2 Å². The Hall–Kier alpha value is -2.28. The second-order valence-corrected chi connectivity index (χ2v) is 5.12. The molecular formula is C13H16N6O. The van der Waals surface area contributed by atoms with Crippen LogP contribution in [0.5, 0.6) is 0 Å². The monoisotopic (exact) mass is 272 g/mol. The SMILES string of the molecule is CC1(C(=O)Nc2cccc(-n3cnnn3)c2)CCCN1. The van der Waals surface area contributed by atoms with Crippen molar-refractivity contribution in [3.8, 4) is 5.69 Å². The van der Waals surface area contributed by atoms with Crippen LogP contribution in [0.2, 0.25) is 0 Å². The Morgan fingerprint density at radius 3 is 3.10 bits per heavy atom. The number of carbonyl (C=O) groups excluding carboxylic acids is 1. The Labute approximate surface area is 116 Å². The number of anilines is 1. The second kappa shape index (κ2) is 5.01. The number of aromatic nitrogens is 4. The molecule has 20 heavy (non-hydrogen) atoms. The number of hydrogen-bond acceptors (Lipinski definition) is 5. The van der Waals surface area contributed by atoms with E-state index in [-0.39, 0.29) is 5.91 Å². The molecule has 0 saturated carbocycles. The topological polar surface area (TPSA) is 84.7 Å². The van der Waals surface area contributed by atoms with Crippen LogP contribution in [-0.2, 0) is 4.79 Å². The van der Waals surface area contributed by atoms with Gasteiger partial charge in [-0.3, -0.25) is 4.79 Å². The van der Waals surface area contributed by atoms with E-state index in [0.717, 1.165) is 30.8 Å². The van der Waals surface area contributed by atoms with Gasteiger partial charge in [0.15, 0.2) is 0 Å². The molecule has 0 aliphatic carbocycles. The van der Waals surface area contributed by atoms with Gasteiger partial charge in [-0.05, 0) is 54.9 Å². The molecule has 104 valence electrons. The molecule has 1 amide bonds. The molecule has 7 nitrogen and oxygen atoms in total. The molecule has 3 rings (SSSR count). The fourth-order valence-electron chi connectivity index (χ4n) is 2.36. The first-order valence-corrected chi connectivity index (χ1v) is 6.57. The van der Waals surface area contributed by atoms with Crippen molar-refractivity contribution in [2.45, 2.75) is 25.3 Å². The third kappa shape index (κ3) is 2.39. The van der Waals surface area contributed by atoms with Crippen molar-refractivity contribution in [2.75, 3.05) is 11.9 Å². The number of nitrogens with zero attached hydrogens (tertiary/aromatic N) is 4. The summed E-state index contributed by atoms with van der Waals surface area (Å²) in [5.41, 5.74) is 1.06. The van der Waals surface area contributed by atoms with Crippen LogP contribution in [0.4, 0.5) is 5.69 Å². The van der Waals surface area contributed by atoms with Crippen LogP contribution in [0.1, 0.15) is 19.8 Å². The number of carbonyl (C=O) groups is 1. The van der Waals surface area contributed by atoms with Crippen molar-refractivity contribution >= 4 is 11.6 Å². The van der Waals surface area contributed by atoms with Crippen LogP contribution in [0.25, 0.3) is 5.69 Å². The number of hydrogen-bond donors (Lipinski definition) is 2. The number of rotatable bonds is 3. The first kappa shape index (κ1) is 12.7. The van der Waals surface area contributed by atoms with Gasteiger partial charge in [-0.15, -0.1) is 5.10 Å². The first-order chi connectivity index (χ1) is 9.67. The molecule has 1 fully saturated rings. The molecule has 1 aliphatic heterocycles. The van der Waals surface area contributed by atoms with Crippen molar-refractivity contribution in [1.82, 2.24) is 25.5 Å². The highest BCUT2D eigenvalue weighted by molar-refractivity contribution is 5.98. The van der Waals surface area contributed by atoms with Gasteiger partial charge in [0.1, 0.15) is 6.33 Å². The van der Waals surface area contributed by atoms with Crippen LogP contribution in [-0.4, -0.2) is 38.2 Å². The van der Waals surface area contributed by atoms with E-state index in [0.29, 0.717) is 0 Å². The third-order valence-corrected chi connectivity index (χ3v) is 3.59. The standard InChI is InChI=1S/C13H16N6O/c1-13(6-3-7-14-13)12(20)16-10-4-2-5-11(8-10)19-9-15-17-18-19/h2,4-5,8-9,14H,3,6-7H2,1H3,(H,16,20). The maximum atomic E-state index is 12.3. The van der Waals surface area contributed by atoms with Gasteiger partial charge in [0.2, 0.25) is 5.91 Å². The van der Waals surface area contributed by atoms with E-state index in [4.69, 9.17) is 0 Å². The molecule has 1 aliphatic rings. The van der Waals surface area contributed by atoms with Crippen LogP contribution in [0.15, 0.2) is 30.6 Å². The normalized spacial score (nSPS) is 21.9. The summed E-state index contributed by atoms with van der Waals surface area (Å²) in [7, 11) is 0. The molecule has 7 heteroatoms. The minimum Gasteiger partial charge on any atom is -0.324 e. The number of nitrogens with one attached hydrogen (secondary N) is 2. The Balaban J connectivity index is 1.78. The molecule has 0 radical (unpaired) electrons. The van der Waals surface area contributed by atoms with Gasteiger partial charge in [0.05, 0.1) is 11.2 Å². The summed E-state index contributed by atoms with van der Waals surface area (Å²) in [6.45, 7) is 2.81. The van der Waals surface area contributed by atoms with Crippen molar-refractivity contribution in [3.63, 3.8) is 0 Å². The zero-order chi connectivity index (χ0) is 14.0. The summed E-state index contributed by atoms with van der Waals surface area (Å²) >= 11 is 0. The Morgan fingerprint density at radius 1 is 1.50 bits per heavy atom. The van der Waals surface area contributed by atoms with Gasteiger partial charge < -0.3 is 10.6 Å². The predicted molar refractivity (Wildman–Crippen MR) is 73.4 cm³/mol. The Morgan fingerprint density at radius 2 is 2.40 bits per heavy atom. The lowest BCUT2D eigenvalue weighted by Crippen LogP contribution is -2.47. The zero-order valence-electron chi connectivity index (χ0n) is 11.2. The molecular weight excluding hydrogens is 256 g/mol. The minimum atomic E-state index is -0.481. The number of amides is 1. The molecule has 1 saturated heterocycles. The molecule has 2 aromatic rings. The minimum absolute atomic E-state index is 0.0103. The highest BCUT2D eigenvalue weighted by atomic mass is 16.2. The smallest absolute Gasteiger partial charge is 0.244 e. The fraction of sp³-hybridized carbons (Fsp3) is 0.385. The van der Waals surface area contributed by atoms with Gasteiger partial charge in [-0.2, -0.15) is 0 Å². The summed E-state index contributed by atoms with van der Waals surface area (Å²) in [5.74, 6) is -0.0103. The molecule has 1 aromatic carbocycles. The summed E-state index contributed by atoms with van der Waals surface area (Å²) in [6.07, 6.45) is 3.39. The lowest BCUT2D eigenvalue weighted by atomic mass is 9.99. The first-order valence-electron chi connectivity index (χ1n) is 6.57. The molecule has 1 aromatic heterocycles. The summed E-state index contributed by atoms with van der Waals surface area (Å²) in [6, 6.07) is 7.43. The van der Waals surface area contributed by atoms with E-state index in [1.165, 1.54) is 6.33 Å². The lowest BCUT2D eigenvalue weighted by Gasteiger charge is -2.23. The quantitative estimate of drug-likeness (QED) is 0.861. The molecule has 2 N–H and O–H groups in total. The van der Waals surface area contributed by atoms with E-state index in [1.807, 2.05) is 31.2 Å². The zero-order valence-corrected chi connectivity index (χ0v) is 11.2. The molecule has 0 spiro atoms. The lowest BCUT2D eigenvalue weighted by molar-refractivity contribution is -0.121. The van der Waals surface area contributed by atoms with Gasteiger partial charge in [-0.1, -0.05) is 6.07 Å². The van der Waals surface area contributed by atoms with E-state index in [1.54, 1.807) is 4.68 Å². The summed E-state index contributed by atoms with van der Waals surface area (Å²) in [4.78, 5) is 12.3. The van der Waals surface area contributed by atoms with Crippen molar-refractivity contribution in [1.29, 1.82) is 0 Å². The predicted octanol–water partition coefficient (Wildman–Crippen LogP) is 0.743.